The van der Waals surface area contributed by atoms with Gasteiger partial charge >= 0.3 is 5.97 Å². The average Bonchev–Trinajstić information content (AvgIpc) is 2.65. The zero-order valence-electron chi connectivity index (χ0n) is 10.1. The quantitative estimate of drug-likeness (QED) is 0.674. The summed E-state index contributed by atoms with van der Waals surface area (Å²) in [6.45, 7) is 6.78. The largest absolute Gasteiger partial charge is 0.459 e. The molecule has 1 N–H and O–H groups in total. The summed E-state index contributed by atoms with van der Waals surface area (Å²) in [5.74, 6) is -0.168. The number of ketones is 1. The van der Waals surface area contributed by atoms with Gasteiger partial charge in [0.15, 0.2) is 0 Å². The number of carbonyl (C=O) groups excluding carboxylic acids is 2. The molecule has 0 aromatic carbocycles. The molecule has 0 aromatic rings. The lowest BCUT2D eigenvalue weighted by molar-refractivity contribution is -0.168. The van der Waals surface area contributed by atoms with Crippen LogP contribution in [0.2, 0.25) is 0 Å². The van der Waals surface area contributed by atoms with Gasteiger partial charge in [0.1, 0.15) is 11.4 Å². The molecule has 16 heavy (non-hydrogen) atoms. The highest BCUT2D eigenvalue weighted by Crippen LogP contribution is 2.45. The number of nitrogens with one attached hydrogen (secondary N) is 1. The molecule has 2 atom stereocenters. The van der Waals surface area contributed by atoms with E-state index in [9.17, 15) is 9.59 Å². The minimum Gasteiger partial charge on any atom is -0.459 e. The molecule has 2 aliphatic rings. The van der Waals surface area contributed by atoms with Crippen LogP contribution in [-0.4, -0.2) is 30.4 Å². The summed E-state index contributed by atoms with van der Waals surface area (Å²) in [6, 6.07) is 0. The number of Topliss-reactive ketones (excluding diaryl/α,β-unsaturated/α-hetero) is 1. The summed E-state index contributed by atoms with van der Waals surface area (Å²) >= 11 is 0. The zero-order chi connectivity index (χ0) is 12.0. The van der Waals surface area contributed by atoms with Gasteiger partial charge < -0.3 is 10.1 Å². The highest BCUT2D eigenvalue weighted by Gasteiger charge is 2.57. The van der Waals surface area contributed by atoms with Crippen molar-refractivity contribution in [2.24, 2.45) is 11.3 Å². The molecule has 0 radical (unpaired) electrons. The summed E-state index contributed by atoms with van der Waals surface area (Å²) in [5, 5.41) is 3.14. The van der Waals surface area contributed by atoms with E-state index in [0.717, 1.165) is 0 Å². The molecule has 4 nitrogen and oxygen atoms in total. The fraction of sp³-hybridized carbons (Fsp3) is 0.833. The summed E-state index contributed by atoms with van der Waals surface area (Å²) in [7, 11) is 0. The molecule has 0 aromatic heterocycles. The molecule has 0 bridgehead atoms. The molecule has 1 heterocycles. The van der Waals surface area contributed by atoms with Crippen LogP contribution in [0.3, 0.4) is 0 Å². The Bertz CT molecular complexity index is 332. The molecule has 0 amide bonds. The Hall–Kier alpha value is -0.900. The number of esters is 1. The average molecular weight is 225 g/mol. The zero-order valence-corrected chi connectivity index (χ0v) is 10.1. The minimum absolute atomic E-state index is 0.164. The summed E-state index contributed by atoms with van der Waals surface area (Å²) in [6.07, 6.45) is 1.16. The van der Waals surface area contributed by atoms with Crippen LogP contribution in [0.5, 0.6) is 0 Å². The lowest BCUT2D eigenvalue weighted by atomic mass is 9.80. The highest BCUT2D eigenvalue weighted by molar-refractivity contribution is 5.94. The van der Waals surface area contributed by atoms with E-state index < -0.39 is 11.0 Å². The second-order valence-electron chi connectivity index (χ2n) is 5.81. The molecular weight excluding hydrogens is 206 g/mol. The molecule has 4 heteroatoms. The molecule has 1 saturated heterocycles. The maximum absolute atomic E-state index is 12.2. The summed E-state index contributed by atoms with van der Waals surface area (Å²) < 4.78 is 5.44. The molecular formula is C12H19NO3. The number of fused-ring (bicyclic) bond motifs is 1. The summed E-state index contributed by atoms with van der Waals surface area (Å²) in [5.41, 5.74) is -1.06. The van der Waals surface area contributed by atoms with Gasteiger partial charge in [0.2, 0.25) is 0 Å². The van der Waals surface area contributed by atoms with Gasteiger partial charge in [0.05, 0.1) is 5.41 Å². The second kappa shape index (κ2) is 3.55. The lowest BCUT2D eigenvalue weighted by Gasteiger charge is -2.29. The second-order valence-corrected chi connectivity index (χ2v) is 5.81. The molecule has 0 spiro atoms. The number of carbonyl (C=O) groups is 2. The van der Waals surface area contributed by atoms with Crippen molar-refractivity contribution in [2.45, 2.75) is 39.2 Å². The smallest absolute Gasteiger partial charge is 0.314 e. The number of hydrogen-bond acceptors (Lipinski definition) is 4. The molecule has 1 saturated carbocycles. The van der Waals surface area contributed by atoms with Gasteiger partial charge in [-0.05, 0) is 27.2 Å². The van der Waals surface area contributed by atoms with E-state index in [-0.39, 0.29) is 17.7 Å². The first kappa shape index (κ1) is 11.6. The topological polar surface area (TPSA) is 55.4 Å². The molecule has 2 unspecified atom stereocenters. The van der Waals surface area contributed by atoms with E-state index in [0.29, 0.717) is 25.9 Å². The fourth-order valence-corrected chi connectivity index (χ4v) is 2.66. The Balaban J connectivity index is 2.19. The van der Waals surface area contributed by atoms with Crippen molar-refractivity contribution in [1.29, 1.82) is 0 Å². The van der Waals surface area contributed by atoms with Crippen molar-refractivity contribution in [3.8, 4) is 0 Å². The number of hydrogen-bond donors (Lipinski definition) is 1. The van der Waals surface area contributed by atoms with Crippen molar-refractivity contribution in [3.05, 3.63) is 0 Å². The third-order valence-corrected chi connectivity index (χ3v) is 3.47. The van der Waals surface area contributed by atoms with E-state index in [2.05, 4.69) is 5.32 Å². The molecule has 1 aliphatic heterocycles. The van der Waals surface area contributed by atoms with Crippen molar-refractivity contribution in [3.63, 3.8) is 0 Å². The Morgan fingerprint density at radius 1 is 1.50 bits per heavy atom. The predicted molar refractivity (Wildman–Crippen MR) is 58.9 cm³/mol. The maximum Gasteiger partial charge on any atom is 0.314 e. The monoisotopic (exact) mass is 225 g/mol. The Labute approximate surface area is 95.7 Å². The van der Waals surface area contributed by atoms with Crippen molar-refractivity contribution < 1.29 is 14.3 Å². The van der Waals surface area contributed by atoms with Crippen LogP contribution in [0.25, 0.3) is 0 Å². The minimum atomic E-state index is -0.579. The van der Waals surface area contributed by atoms with E-state index in [1.807, 2.05) is 20.8 Å². The van der Waals surface area contributed by atoms with Crippen molar-refractivity contribution in [1.82, 2.24) is 5.32 Å². The maximum atomic E-state index is 12.2. The van der Waals surface area contributed by atoms with Gasteiger partial charge in [-0.25, -0.2) is 0 Å². The highest BCUT2D eigenvalue weighted by atomic mass is 16.6. The van der Waals surface area contributed by atoms with Gasteiger partial charge in [-0.3, -0.25) is 9.59 Å². The van der Waals surface area contributed by atoms with Crippen LogP contribution in [-0.2, 0) is 14.3 Å². The van der Waals surface area contributed by atoms with Crippen LogP contribution in [0.1, 0.15) is 33.6 Å². The van der Waals surface area contributed by atoms with Crippen molar-refractivity contribution in [2.75, 3.05) is 13.1 Å². The van der Waals surface area contributed by atoms with Crippen molar-refractivity contribution >= 4 is 11.8 Å². The van der Waals surface area contributed by atoms with Crippen LogP contribution >= 0.6 is 0 Å². The summed E-state index contributed by atoms with van der Waals surface area (Å²) in [4.78, 5) is 23.9. The van der Waals surface area contributed by atoms with Gasteiger partial charge in [0.25, 0.3) is 0 Å². The van der Waals surface area contributed by atoms with Crippen LogP contribution < -0.4 is 5.32 Å². The number of rotatable bonds is 1. The predicted octanol–water partition coefficient (Wildman–Crippen LogP) is 0.897. The van der Waals surface area contributed by atoms with E-state index in [1.165, 1.54) is 0 Å². The SMILES string of the molecule is CC(C)(C)OC(=O)C12CCC(=O)C1CNC2. The lowest BCUT2D eigenvalue weighted by Crippen LogP contribution is -2.41. The van der Waals surface area contributed by atoms with Gasteiger partial charge in [-0.2, -0.15) is 0 Å². The van der Waals surface area contributed by atoms with Crippen LogP contribution in [0, 0.1) is 11.3 Å². The third-order valence-electron chi connectivity index (χ3n) is 3.47. The first-order chi connectivity index (χ1) is 7.35. The molecule has 2 rings (SSSR count). The Kier molecular flexibility index (Phi) is 2.57. The Morgan fingerprint density at radius 2 is 2.19 bits per heavy atom. The van der Waals surface area contributed by atoms with E-state index in [1.54, 1.807) is 0 Å². The van der Waals surface area contributed by atoms with Gasteiger partial charge in [-0.15, -0.1) is 0 Å². The third kappa shape index (κ3) is 1.75. The normalized spacial score (nSPS) is 33.9. The molecule has 2 fully saturated rings. The van der Waals surface area contributed by atoms with E-state index in [4.69, 9.17) is 4.74 Å². The van der Waals surface area contributed by atoms with Crippen LogP contribution in [0.4, 0.5) is 0 Å². The van der Waals surface area contributed by atoms with Crippen LogP contribution in [0.15, 0.2) is 0 Å². The fourth-order valence-electron chi connectivity index (χ4n) is 2.66. The number of ether oxygens (including phenoxy) is 1. The standard InChI is InChI=1S/C12H19NO3/c1-11(2,3)16-10(15)12-5-4-9(14)8(12)6-13-7-12/h8,13H,4-7H2,1-3H3. The molecule has 90 valence electrons. The first-order valence-corrected chi connectivity index (χ1v) is 5.82. The van der Waals surface area contributed by atoms with E-state index >= 15 is 0 Å². The first-order valence-electron chi connectivity index (χ1n) is 5.82. The van der Waals surface area contributed by atoms with Gasteiger partial charge in [-0.1, -0.05) is 0 Å². The Morgan fingerprint density at radius 3 is 2.81 bits per heavy atom. The molecule has 1 aliphatic carbocycles. The van der Waals surface area contributed by atoms with Gasteiger partial charge in [0, 0.05) is 25.4 Å².